The SMILES string of the molecule is COc1cccc(Nc2cc(C)nc([C@@H]3CCCN(C(=O)c4sc(C)nc4C)C3)c2)c1. The molecule has 0 spiro atoms. The standard InChI is InChI=1S/C24H28N4O2S/c1-15-11-20(27-19-8-5-9-21(12-19)30-4)13-22(25-15)18-7-6-10-28(14-18)24(29)23-16(2)26-17(3)31-23/h5,8-9,11-13,18H,6-7,10,14H2,1-4H3,(H,25,27)/t18-/m1/s1. The van der Waals surface area contributed by atoms with Crippen molar-refractivity contribution in [2.24, 2.45) is 0 Å². The lowest BCUT2D eigenvalue weighted by atomic mass is 9.93. The zero-order valence-corrected chi connectivity index (χ0v) is 19.3. The van der Waals surface area contributed by atoms with Crippen molar-refractivity contribution in [1.29, 1.82) is 0 Å². The van der Waals surface area contributed by atoms with E-state index in [2.05, 4.69) is 16.4 Å². The van der Waals surface area contributed by atoms with E-state index in [1.807, 2.05) is 56.0 Å². The topological polar surface area (TPSA) is 67.3 Å². The van der Waals surface area contributed by atoms with Gasteiger partial charge in [0, 0.05) is 47.8 Å². The summed E-state index contributed by atoms with van der Waals surface area (Å²) in [5.74, 6) is 1.12. The second-order valence-electron chi connectivity index (χ2n) is 8.02. The van der Waals surface area contributed by atoms with Crippen LogP contribution >= 0.6 is 11.3 Å². The first kappa shape index (κ1) is 21.3. The number of nitrogens with zero attached hydrogens (tertiary/aromatic N) is 3. The monoisotopic (exact) mass is 436 g/mol. The van der Waals surface area contributed by atoms with Crippen LogP contribution in [0.3, 0.4) is 0 Å². The van der Waals surface area contributed by atoms with Crippen molar-refractivity contribution in [1.82, 2.24) is 14.9 Å². The molecule has 7 heteroatoms. The van der Waals surface area contributed by atoms with Crippen LogP contribution in [0.1, 0.15) is 50.5 Å². The van der Waals surface area contributed by atoms with Crippen LogP contribution in [0.4, 0.5) is 11.4 Å². The maximum atomic E-state index is 13.1. The van der Waals surface area contributed by atoms with E-state index in [0.717, 1.165) is 63.5 Å². The average Bonchev–Trinajstić information content (AvgIpc) is 3.11. The molecule has 1 saturated heterocycles. The molecular weight excluding hydrogens is 408 g/mol. The van der Waals surface area contributed by atoms with Crippen LogP contribution in [0.5, 0.6) is 5.75 Å². The van der Waals surface area contributed by atoms with Gasteiger partial charge in [0.15, 0.2) is 0 Å². The molecule has 1 aromatic carbocycles. The number of likely N-dealkylation sites (tertiary alicyclic amines) is 1. The van der Waals surface area contributed by atoms with E-state index in [1.54, 1.807) is 7.11 Å². The van der Waals surface area contributed by atoms with Gasteiger partial charge in [-0.25, -0.2) is 4.98 Å². The van der Waals surface area contributed by atoms with Gasteiger partial charge < -0.3 is 15.0 Å². The fourth-order valence-electron chi connectivity index (χ4n) is 4.12. The van der Waals surface area contributed by atoms with E-state index >= 15 is 0 Å². The smallest absolute Gasteiger partial charge is 0.265 e. The quantitative estimate of drug-likeness (QED) is 0.593. The summed E-state index contributed by atoms with van der Waals surface area (Å²) in [5.41, 5.74) is 4.77. The predicted octanol–water partition coefficient (Wildman–Crippen LogP) is 5.24. The first-order valence-corrected chi connectivity index (χ1v) is 11.4. The number of carbonyl (C=O) groups excluding carboxylic acids is 1. The molecule has 4 rings (SSSR count). The highest BCUT2D eigenvalue weighted by molar-refractivity contribution is 7.13. The van der Waals surface area contributed by atoms with Gasteiger partial charge in [0.05, 0.1) is 17.8 Å². The number of piperidine rings is 1. The van der Waals surface area contributed by atoms with Crippen LogP contribution in [-0.2, 0) is 0 Å². The van der Waals surface area contributed by atoms with Crippen molar-refractivity contribution in [3.05, 3.63) is 63.4 Å². The molecule has 3 heterocycles. The largest absolute Gasteiger partial charge is 0.497 e. The van der Waals surface area contributed by atoms with Gasteiger partial charge in [-0.2, -0.15) is 0 Å². The number of ether oxygens (including phenoxy) is 1. The Bertz CT molecular complexity index is 1090. The van der Waals surface area contributed by atoms with Crippen LogP contribution in [0, 0.1) is 20.8 Å². The number of methoxy groups -OCH3 is 1. The number of hydrogen-bond donors (Lipinski definition) is 1. The van der Waals surface area contributed by atoms with E-state index < -0.39 is 0 Å². The first-order valence-electron chi connectivity index (χ1n) is 10.6. The average molecular weight is 437 g/mol. The Morgan fingerprint density at radius 1 is 1.16 bits per heavy atom. The zero-order valence-electron chi connectivity index (χ0n) is 18.4. The molecule has 1 N–H and O–H groups in total. The molecular formula is C24H28N4O2S. The molecule has 1 aliphatic heterocycles. The molecule has 162 valence electrons. The Kier molecular flexibility index (Phi) is 6.23. The molecule has 0 radical (unpaired) electrons. The van der Waals surface area contributed by atoms with E-state index in [9.17, 15) is 4.79 Å². The molecule has 2 aromatic heterocycles. The van der Waals surface area contributed by atoms with E-state index in [0.29, 0.717) is 6.54 Å². The van der Waals surface area contributed by atoms with Gasteiger partial charge in [-0.05, 0) is 57.9 Å². The minimum absolute atomic E-state index is 0.0928. The number of amides is 1. The number of aryl methyl sites for hydroxylation is 3. The molecule has 31 heavy (non-hydrogen) atoms. The molecule has 1 aliphatic rings. The Balaban J connectivity index is 1.53. The molecule has 0 unspecified atom stereocenters. The highest BCUT2D eigenvalue weighted by atomic mass is 32.1. The fourth-order valence-corrected chi connectivity index (χ4v) is 5.01. The lowest BCUT2D eigenvalue weighted by molar-refractivity contribution is 0.0710. The molecule has 1 amide bonds. The van der Waals surface area contributed by atoms with Crippen LogP contribution in [0.15, 0.2) is 36.4 Å². The summed E-state index contributed by atoms with van der Waals surface area (Å²) in [6.45, 7) is 7.34. The number of carbonyl (C=O) groups is 1. The summed E-state index contributed by atoms with van der Waals surface area (Å²) in [6, 6.07) is 12.0. The Morgan fingerprint density at radius 3 is 2.74 bits per heavy atom. The summed E-state index contributed by atoms with van der Waals surface area (Å²) < 4.78 is 5.32. The third kappa shape index (κ3) is 4.88. The van der Waals surface area contributed by atoms with Gasteiger partial charge in [0.25, 0.3) is 5.91 Å². The molecule has 0 saturated carbocycles. The van der Waals surface area contributed by atoms with Gasteiger partial charge in [0.1, 0.15) is 10.6 Å². The Morgan fingerprint density at radius 2 is 2.00 bits per heavy atom. The number of benzene rings is 1. The molecule has 1 atom stereocenters. The van der Waals surface area contributed by atoms with Gasteiger partial charge in [-0.1, -0.05) is 6.07 Å². The molecule has 0 bridgehead atoms. The summed E-state index contributed by atoms with van der Waals surface area (Å²) in [5, 5.41) is 4.40. The van der Waals surface area contributed by atoms with Crippen molar-refractivity contribution in [3.8, 4) is 5.75 Å². The van der Waals surface area contributed by atoms with Crippen LogP contribution in [-0.4, -0.2) is 41.0 Å². The minimum Gasteiger partial charge on any atom is -0.497 e. The van der Waals surface area contributed by atoms with Crippen molar-refractivity contribution in [3.63, 3.8) is 0 Å². The van der Waals surface area contributed by atoms with Gasteiger partial charge in [-0.15, -0.1) is 11.3 Å². The van der Waals surface area contributed by atoms with Crippen molar-refractivity contribution in [2.45, 2.75) is 39.5 Å². The summed E-state index contributed by atoms with van der Waals surface area (Å²) in [7, 11) is 1.67. The van der Waals surface area contributed by atoms with Crippen LogP contribution < -0.4 is 10.1 Å². The Labute approximate surface area is 187 Å². The Hall–Kier alpha value is -2.93. The number of hydrogen-bond acceptors (Lipinski definition) is 6. The zero-order chi connectivity index (χ0) is 22.0. The number of nitrogens with one attached hydrogen (secondary N) is 1. The number of aromatic nitrogens is 2. The predicted molar refractivity (Wildman–Crippen MR) is 125 cm³/mol. The molecule has 1 fully saturated rings. The molecule has 3 aromatic rings. The number of anilines is 2. The number of rotatable bonds is 5. The van der Waals surface area contributed by atoms with E-state index in [1.165, 1.54) is 11.3 Å². The fraction of sp³-hybridized carbons (Fsp3) is 0.375. The van der Waals surface area contributed by atoms with Crippen LogP contribution in [0.25, 0.3) is 0 Å². The second kappa shape index (κ2) is 9.06. The maximum Gasteiger partial charge on any atom is 0.265 e. The third-order valence-corrected chi connectivity index (χ3v) is 6.62. The number of thiazole rings is 1. The van der Waals surface area contributed by atoms with Crippen molar-refractivity contribution >= 4 is 28.6 Å². The highest BCUT2D eigenvalue weighted by Gasteiger charge is 2.28. The van der Waals surface area contributed by atoms with Gasteiger partial charge >= 0.3 is 0 Å². The first-order chi connectivity index (χ1) is 14.9. The van der Waals surface area contributed by atoms with Crippen LogP contribution in [0.2, 0.25) is 0 Å². The maximum absolute atomic E-state index is 13.1. The summed E-state index contributed by atoms with van der Waals surface area (Å²) in [6.07, 6.45) is 2.00. The van der Waals surface area contributed by atoms with Gasteiger partial charge in [-0.3, -0.25) is 9.78 Å². The summed E-state index contributed by atoms with van der Waals surface area (Å²) in [4.78, 5) is 25.1. The van der Waals surface area contributed by atoms with Crippen molar-refractivity contribution < 1.29 is 9.53 Å². The summed E-state index contributed by atoms with van der Waals surface area (Å²) >= 11 is 1.48. The van der Waals surface area contributed by atoms with E-state index in [-0.39, 0.29) is 11.8 Å². The number of pyridine rings is 1. The minimum atomic E-state index is 0.0928. The highest BCUT2D eigenvalue weighted by Crippen LogP contribution is 2.31. The van der Waals surface area contributed by atoms with Gasteiger partial charge in [0.2, 0.25) is 0 Å². The van der Waals surface area contributed by atoms with Crippen molar-refractivity contribution in [2.75, 3.05) is 25.5 Å². The third-order valence-electron chi connectivity index (χ3n) is 5.56. The normalized spacial score (nSPS) is 16.3. The molecule has 6 nitrogen and oxygen atoms in total. The molecule has 0 aliphatic carbocycles. The lowest BCUT2D eigenvalue weighted by Crippen LogP contribution is -2.39. The lowest BCUT2D eigenvalue weighted by Gasteiger charge is -2.32. The second-order valence-corrected chi connectivity index (χ2v) is 9.22. The van der Waals surface area contributed by atoms with E-state index in [4.69, 9.17) is 9.72 Å².